The van der Waals surface area contributed by atoms with Gasteiger partial charge in [0, 0.05) is 11.5 Å². The van der Waals surface area contributed by atoms with Crippen molar-refractivity contribution in [2.75, 3.05) is 6.61 Å². The maximum atomic E-state index is 6.21. The summed E-state index contributed by atoms with van der Waals surface area (Å²) >= 11 is 1.78. The third-order valence-electron chi connectivity index (χ3n) is 4.41. The normalized spacial score (nSPS) is 29.4. The standard InChI is InChI=1S/C15H26N2OS/c1-4-18-15(8-5-11(2)6-9-15)14(17-16)13-12(3)7-10-19-13/h7,10-11,14,17H,4-6,8-9,16H2,1-3H3. The van der Waals surface area contributed by atoms with E-state index in [4.69, 9.17) is 10.6 Å². The molecule has 3 N–H and O–H groups in total. The number of thiophene rings is 1. The van der Waals surface area contributed by atoms with Gasteiger partial charge in [-0.3, -0.25) is 5.84 Å². The first-order valence-corrected chi connectivity index (χ1v) is 8.15. The Kier molecular flexibility index (Phi) is 5.01. The monoisotopic (exact) mass is 282 g/mol. The fourth-order valence-electron chi connectivity index (χ4n) is 3.20. The van der Waals surface area contributed by atoms with E-state index in [1.54, 1.807) is 11.3 Å². The SMILES string of the molecule is CCOC1(C(NN)c2sccc2C)CCC(C)CC1. The summed E-state index contributed by atoms with van der Waals surface area (Å²) in [6.07, 6.45) is 4.63. The Morgan fingerprint density at radius 3 is 2.68 bits per heavy atom. The van der Waals surface area contributed by atoms with Crippen LogP contribution in [-0.2, 0) is 4.74 Å². The summed E-state index contributed by atoms with van der Waals surface area (Å²) in [6, 6.07) is 2.27. The number of hydrazine groups is 1. The second-order valence-corrected chi connectivity index (χ2v) is 6.70. The minimum Gasteiger partial charge on any atom is -0.373 e. The average Bonchev–Trinajstić information content (AvgIpc) is 2.81. The molecular weight excluding hydrogens is 256 g/mol. The molecule has 19 heavy (non-hydrogen) atoms. The van der Waals surface area contributed by atoms with Crippen molar-refractivity contribution in [3.05, 3.63) is 21.9 Å². The van der Waals surface area contributed by atoms with Gasteiger partial charge in [0.05, 0.1) is 11.6 Å². The van der Waals surface area contributed by atoms with Crippen LogP contribution in [0, 0.1) is 12.8 Å². The molecule has 108 valence electrons. The van der Waals surface area contributed by atoms with Gasteiger partial charge in [-0.25, -0.2) is 5.43 Å². The lowest BCUT2D eigenvalue weighted by atomic mass is 9.74. The summed E-state index contributed by atoms with van der Waals surface area (Å²) < 4.78 is 6.21. The van der Waals surface area contributed by atoms with E-state index < -0.39 is 0 Å². The highest BCUT2D eigenvalue weighted by atomic mass is 32.1. The molecule has 1 aromatic heterocycles. The zero-order valence-corrected chi connectivity index (χ0v) is 13.1. The maximum Gasteiger partial charge on any atom is 0.0897 e. The minimum atomic E-state index is -0.133. The fourth-order valence-corrected chi connectivity index (χ4v) is 4.29. The summed E-state index contributed by atoms with van der Waals surface area (Å²) in [4.78, 5) is 1.32. The quantitative estimate of drug-likeness (QED) is 0.641. The van der Waals surface area contributed by atoms with E-state index in [9.17, 15) is 0 Å². The van der Waals surface area contributed by atoms with Crippen LogP contribution >= 0.6 is 11.3 Å². The van der Waals surface area contributed by atoms with Crippen molar-refractivity contribution in [2.24, 2.45) is 11.8 Å². The van der Waals surface area contributed by atoms with E-state index in [1.165, 1.54) is 23.3 Å². The number of ether oxygens (including phenoxy) is 1. The summed E-state index contributed by atoms with van der Waals surface area (Å²) in [5.74, 6) is 6.69. The molecule has 0 saturated heterocycles. The van der Waals surface area contributed by atoms with Gasteiger partial charge in [0.1, 0.15) is 0 Å². The number of aryl methyl sites for hydroxylation is 1. The highest BCUT2D eigenvalue weighted by Crippen LogP contribution is 2.44. The Morgan fingerprint density at radius 2 is 2.21 bits per heavy atom. The molecule has 1 saturated carbocycles. The topological polar surface area (TPSA) is 47.3 Å². The zero-order chi connectivity index (χ0) is 13.9. The van der Waals surface area contributed by atoms with Crippen LogP contribution in [0.4, 0.5) is 0 Å². The first-order valence-electron chi connectivity index (χ1n) is 7.27. The van der Waals surface area contributed by atoms with Gasteiger partial charge in [-0.05, 0) is 62.5 Å². The molecule has 0 spiro atoms. The lowest BCUT2D eigenvalue weighted by molar-refractivity contribution is -0.0970. The van der Waals surface area contributed by atoms with Gasteiger partial charge in [-0.1, -0.05) is 6.92 Å². The van der Waals surface area contributed by atoms with Crippen molar-refractivity contribution in [1.82, 2.24) is 5.43 Å². The third-order valence-corrected chi connectivity index (χ3v) is 5.49. The van der Waals surface area contributed by atoms with E-state index in [2.05, 4.69) is 37.6 Å². The molecule has 0 aromatic carbocycles. The van der Waals surface area contributed by atoms with Crippen LogP contribution in [-0.4, -0.2) is 12.2 Å². The second kappa shape index (κ2) is 6.35. The molecule has 1 aliphatic carbocycles. The molecular formula is C15H26N2OS. The molecule has 2 rings (SSSR count). The first-order chi connectivity index (χ1) is 9.13. The highest BCUT2D eigenvalue weighted by Gasteiger charge is 2.43. The van der Waals surface area contributed by atoms with E-state index >= 15 is 0 Å². The molecule has 0 amide bonds. The lowest BCUT2D eigenvalue weighted by Gasteiger charge is -2.44. The molecule has 4 heteroatoms. The van der Waals surface area contributed by atoms with Gasteiger partial charge in [0.15, 0.2) is 0 Å². The van der Waals surface area contributed by atoms with Crippen molar-refractivity contribution < 1.29 is 4.74 Å². The molecule has 1 aromatic rings. The van der Waals surface area contributed by atoms with Crippen LogP contribution < -0.4 is 11.3 Å². The lowest BCUT2D eigenvalue weighted by Crippen LogP contribution is -2.50. The van der Waals surface area contributed by atoms with Gasteiger partial charge in [0.25, 0.3) is 0 Å². The van der Waals surface area contributed by atoms with Crippen molar-refractivity contribution in [1.29, 1.82) is 0 Å². The van der Waals surface area contributed by atoms with Crippen LogP contribution in [0.1, 0.15) is 56.0 Å². The van der Waals surface area contributed by atoms with E-state index in [-0.39, 0.29) is 11.6 Å². The predicted molar refractivity (Wildman–Crippen MR) is 81.1 cm³/mol. The molecule has 1 unspecified atom stereocenters. The van der Waals surface area contributed by atoms with Crippen LogP contribution in [0.25, 0.3) is 0 Å². The van der Waals surface area contributed by atoms with Gasteiger partial charge in [-0.2, -0.15) is 0 Å². The number of rotatable bonds is 5. The van der Waals surface area contributed by atoms with E-state index in [1.807, 2.05) is 0 Å². The molecule has 1 atom stereocenters. The van der Waals surface area contributed by atoms with Gasteiger partial charge in [-0.15, -0.1) is 11.3 Å². The second-order valence-electron chi connectivity index (χ2n) is 5.75. The molecule has 1 aliphatic rings. The Bertz CT molecular complexity index is 397. The Labute approximate surface area is 120 Å². The highest BCUT2D eigenvalue weighted by molar-refractivity contribution is 7.10. The summed E-state index contributed by atoms with van der Waals surface area (Å²) in [5, 5.41) is 2.14. The number of hydrogen-bond acceptors (Lipinski definition) is 4. The number of nitrogens with one attached hydrogen (secondary N) is 1. The van der Waals surface area contributed by atoms with Gasteiger partial charge >= 0.3 is 0 Å². The van der Waals surface area contributed by atoms with Crippen molar-refractivity contribution in [2.45, 2.75) is 58.1 Å². The van der Waals surface area contributed by atoms with Crippen LogP contribution in [0.5, 0.6) is 0 Å². The van der Waals surface area contributed by atoms with Crippen molar-refractivity contribution in [3.63, 3.8) is 0 Å². The smallest absolute Gasteiger partial charge is 0.0897 e. The number of nitrogens with two attached hydrogens (primary N) is 1. The molecule has 3 nitrogen and oxygen atoms in total. The van der Waals surface area contributed by atoms with Gasteiger partial charge < -0.3 is 4.74 Å². The van der Waals surface area contributed by atoms with Crippen LogP contribution in [0.3, 0.4) is 0 Å². The minimum absolute atomic E-state index is 0.111. The number of hydrogen-bond donors (Lipinski definition) is 2. The Morgan fingerprint density at radius 1 is 1.53 bits per heavy atom. The van der Waals surface area contributed by atoms with Crippen LogP contribution in [0.15, 0.2) is 11.4 Å². The molecule has 0 aliphatic heterocycles. The molecule has 1 fully saturated rings. The summed E-state index contributed by atoms with van der Waals surface area (Å²) in [5.41, 5.74) is 4.22. The molecule has 0 bridgehead atoms. The zero-order valence-electron chi connectivity index (χ0n) is 12.2. The maximum absolute atomic E-state index is 6.21. The van der Waals surface area contributed by atoms with Gasteiger partial charge in [0.2, 0.25) is 0 Å². The molecule has 0 radical (unpaired) electrons. The summed E-state index contributed by atoms with van der Waals surface area (Å²) in [6.45, 7) is 7.31. The first kappa shape index (κ1) is 15.0. The van der Waals surface area contributed by atoms with E-state index in [0.717, 1.165) is 25.4 Å². The van der Waals surface area contributed by atoms with Crippen molar-refractivity contribution >= 4 is 11.3 Å². The van der Waals surface area contributed by atoms with E-state index in [0.29, 0.717) is 0 Å². The fraction of sp³-hybridized carbons (Fsp3) is 0.733. The predicted octanol–water partition coefficient (Wildman–Crippen LogP) is 3.55. The van der Waals surface area contributed by atoms with Crippen LogP contribution in [0.2, 0.25) is 0 Å². The Balaban J connectivity index is 2.28. The van der Waals surface area contributed by atoms with Crippen molar-refractivity contribution in [3.8, 4) is 0 Å². The summed E-state index contributed by atoms with van der Waals surface area (Å²) in [7, 11) is 0. The third kappa shape index (κ3) is 3.02. The largest absolute Gasteiger partial charge is 0.373 e. The average molecular weight is 282 g/mol. The molecule has 1 heterocycles. The Hall–Kier alpha value is -0.420.